The summed E-state index contributed by atoms with van der Waals surface area (Å²) < 4.78 is 47.9. The lowest BCUT2D eigenvalue weighted by Gasteiger charge is -2.25. The lowest BCUT2D eigenvalue weighted by atomic mass is 9.95. The van der Waals surface area contributed by atoms with Gasteiger partial charge in [0, 0.05) is 36.1 Å². The number of carbonyl (C=O) groups is 2. The molecule has 3 unspecified atom stereocenters. The van der Waals surface area contributed by atoms with Gasteiger partial charge in [-0.1, -0.05) is 13.8 Å². The Morgan fingerprint density at radius 2 is 1.88 bits per heavy atom. The average molecular weight is 618 g/mol. The monoisotopic (exact) mass is 616 g/mol. The Labute approximate surface area is 245 Å². The molecule has 40 heavy (non-hydrogen) atoms. The van der Waals surface area contributed by atoms with E-state index in [9.17, 15) is 22.8 Å². The van der Waals surface area contributed by atoms with Crippen molar-refractivity contribution in [2.24, 2.45) is 17.3 Å². The summed E-state index contributed by atoms with van der Waals surface area (Å²) in [4.78, 5) is 36.3. The molecule has 216 valence electrons. The second-order valence-corrected chi connectivity index (χ2v) is 12.0. The Hall–Kier alpha value is -2.31. The van der Waals surface area contributed by atoms with E-state index in [0.717, 1.165) is 17.5 Å². The number of pyridine rings is 2. The molecule has 6 rings (SSSR count). The molecule has 3 aromatic rings. The number of hydrogen-bond donors (Lipinski definition) is 1. The number of ether oxygens (including phenoxy) is 1. The van der Waals surface area contributed by atoms with Gasteiger partial charge in [0.1, 0.15) is 5.69 Å². The molecule has 2 amide bonds. The molecule has 5 heterocycles. The van der Waals surface area contributed by atoms with Gasteiger partial charge in [-0.05, 0) is 41.7 Å². The van der Waals surface area contributed by atoms with E-state index in [1.165, 1.54) is 16.2 Å². The van der Waals surface area contributed by atoms with Crippen LogP contribution < -0.4 is 5.32 Å². The zero-order valence-corrected chi connectivity index (χ0v) is 24.5. The maximum absolute atomic E-state index is 13.8. The highest BCUT2D eigenvalue weighted by atomic mass is 35.5. The number of hydrogen-bond acceptors (Lipinski definition) is 7. The number of nitrogens with one attached hydrogen (secondary N) is 1. The number of carbonyl (C=O) groups excluding carboxylic acids is 2. The topological polar surface area (TPSA) is 84.4 Å². The average Bonchev–Trinajstić information content (AvgIpc) is 3.10. The zero-order valence-electron chi connectivity index (χ0n) is 22.0. The molecule has 2 saturated heterocycles. The first-order chi connectivity index (χ1) is 18.0. The lowest BCUT2D eigenvalue weighted by molar-refractivity contribution is -0.144. The number of amides is 2. The minimum atomic E-state index is -4.60. The predicted molar refractivity (Wildman–Crippen MR) is 150 cm³/mol. The van der Waals surface area contributed by atoms with Crippen molar-refractivity contribution in [2.75, 3.05) is 19.7 Å². The van der Waals surface area contributed by atoms with Crippen LogP contribution in [-0.2, 0) is 33.5 Å². The summed E-state index contributed by atoms with van der Waals surface area (Å²) in [7, 11) is 0. The highest BCUT2D eigenvalue weighted by Gasteiger charge is 2.72. The van der Waals surface area contributed by atoms with Gasteiger partial charge >= 0.3 is 6.18 Å². The van der Waals surface area contributed by atoms with Crippen LogP contribution >= 0.6 is 36.2 Å². The first-order valence-electron chi connectivity index (χ1n) is 12.6. The minimum absolute atomic E-state index is 0. The molecule has 0 spiro atoms. The van der Waals surface area contributed by atoms with Gasteiger partial charge in [-0.15, -0.1) is 36.2 Å². The van der Waals surface area contributed by atoms with Crippen molar-refractivity contribution in [2.45, 2.75) is 46.0 Å². The van der Waals surface area contributed by atoms with Crippen LogP contribution in [0.25, 0.3) is 21.5 Å². The molecule has 3 fully saturated rings. The first-order valence-corrected chi connectivity index (χ1v) is 13.4. The van der Waals surface area contributed by atoms with Crippen molar-refractivity contribution in [1.82, 2.24) is 20.2 Å². The van der Waals surface area contributed by atoms with E-state index in [-0.39, 0.29) is 72.2 Å². The third kappa shape index (κ3) is 5.11. The van der Waals surface area contributed by atoms with Gasteiger partial charge in [-0.25, -0.2) is 4.98 Å². The Kier molecular flexibility index (Phi) is 8.30. The van der Waals surface area contributed by atoms with Crippen molar-refractivity contribution < 1.29 is 27.5 Å². The van der Waals surface area contributed by atoms with Gasteiger partial charge in [-0.2, -0.15) is 13.2 Å². The molecule has 1 saturated carbocycles. The fourth-order valence-corrected chi connectivity index (χ4v) is 6.99. The first kappa shape index (κ1) is 30.6. The van der Waals surface area contributed by atoms with E-state index < -0.39 is 11.9 Å². The number of piperidine rings is 1. The maximum Gasteiger partial charge on any atom is 0.433 e. The molecule has 0 aromatic carbocycles. The Morgan fingerprint density at radius 1 is 1.18 bits per heavy atom. The van der Waals surface area contributed by atoms with Crippen LogP contribution in [0.1, 0.15) is 35.5 Å². The van der Waals surface area contributed by atoms with Gasteiger partial charge < -0.3 is 10.1 Å². The quantitative estimate of drug-likeness (QED) is 0.397. The second-order valence-electron chi connectivity index (χ2n) is 10.9. The number of likely N-dealkylation sites (tertiary alicyclic amines) is 1. The molecule has 3 aliphatic rings. The normalized spacial score (nSPS) is 23.6. The van der Waals surface area contributed by atoms with Crippen LogP contribution in [0.4, 0.5) is 13.2 Å². The molecule has 13 heteroatoms. The molecule has 0 bridgehead atoms. The molecule has 0 radical (unpaired) electrons. The molecule has 3 aromatic heterocycles. The molecular weight excluding hydrogens is 588 g/mol. The fourth-order valence-electron chi connectivity index (χ4n) is 5.87. The van der Waals surface area contributed by atoms with Gasteiger partial charge in [0.2, 0.25) is 11.8 Å². The number of aryl methyl sites for hydroxylation is 1. The molecule has 3 atom stereocenters. The smallest absolute Gasteiger partial charge is 0.375 e. The summed E-state index contributed by atoms with van der Waals surface area (Å²) >= 11 is 1.33. The van der Waals surface area contributed by atoms with Crippen LogP contribution in [-0.4, -0.2) is 52.5 Å². The Bertz CT molecular complexity index is 1450. The lowest BCUT2D eigenvalue weighted by Crippen LogP contribution is -2.39. The Balaban J connectivity index is 0.00000185. The molecular formula is C27H29Cl2F3N4O3S. The van der Waals surface area contributed by atoms with E-state index in [4.69, 9.17) is 4.74 Å². The predicted octanol–water partition coefficient (Wildman–Crippen LogP) is 5.20. The van der Waals surface area contributed by atoms with Crippen molar-refractivity contribution in [3.05, 3.63) is 46.1 Å². The van der Waals surface area contributed by atoms with Crippen LogP contribution in [0.15, 0.2) is 24.4 Å². The summed E-state index contributed by atoms with van der Waals surface area (Å²) in [6, 6.07) is 4.57. The molecule has 1 N–H and O–H groups in total. The number of rotatable bonds is 5. The van der Waals surface area contributed by atoms with E-state index in [1.54, 1.807) is 25.3 Å². The fraction of sp³-hybridized carbons (Fsp3) is 0.481. The number of imide groups is 1. The number of alkyl halides is 3. The van der Waals surface area contributed by atoms with Crippen LogP contribution in [0.2, 0.25) is 0 Å². The molecule has 2 aliphatic heterocycles. The summed E-state index contributed by atoms with van der Waals surface area (Å²) in [5.41, 5.74) is 1.33. The highest BCUT2D eigenvalue weighted by Crippen LogP contribution is 2.63. The maximum atomic E-state index is 13.8. The van der Waals surface area contributed by atoms with Crippen molar-refractivity contribution in [3.8, 4) is 11.3 Å². The third-order valence-electron chi connectivity index (χ3n) is 8.00. The third-order valence-corrected chi connectivity index (χ3v) is 9.14. The van der Waals surface area contributed by atoms with Crippen molar-refractivity contribution in [1.29, 1.82) is 0 Å². The molecule has 1 aliphatic carbocycles. The van der Waals surface area contributed by atoms with Crippen molar-refractivity contribution in [3.63, 3.8) is 0 Å². The summed E-state index contributed by atoms with van der Waals surface area (Å²) in [5, 5.41) is 3.26. The number of morpholine rings is 1. The van der Waals surface area contributed by atoms with Gasteiger partial charge in [-0.3, -0.25) is 19.5 Å². The van der Waals surface area contributed by atoms with Gasteiger partial charge in [0.15, 0.2) is 0 Å². The Morgan fingerprint density at radius 3 is 2.50 bits per heavy atom. The summed E-state index contributed by atoms with van der Waals surface area (Å²) in [6.45, 7) is 7.53. The summed E-state index contributed by atoms with van der Waals surface area (Å²) in [5.74, 6) is -0.854. The van der Waals surface area contributed by atoms with Gasteiger partial charge in [0.05, 0.1) is 47.0 Å². The van der Waals surface area contributed by atoms with E-state index in [2.05, 4.69) is 15.3 Å². The van der Waals surface area contributed by atoms with Gasteiger partial charge in [0.25, 0.3) is 0 Å². The molecule has 7 nitrogen and oxygen atoms in total. The zero-order chi connectivity index (χ0) is 27.0. The number of fused-ring (bicyclic) bond motifs is 2. The van der Waals surface area contributed by atoms with Crippen LogP contribution in [0, 0.1) is 24.2 Å². The summed E-state index contributed by atoms with van der Waals surface area (Å²) in [6.07, 6.45) is -2.81. The standard InChI is InChI=1S/C27H27F3N4O3S.2ClH/c1-13-8-19(27(28,29)30)33-22(17(13)9-14-11-31-6-7-37-14)16-4-5-32-18-10-15(38-23(16)18)12-34-24(35)20-21(25(34)36)26(20,2)3;;/h4-5,8,10,14,20-21,31H,6-7,9,11-12H2,1-3H3;2*1H. The SMILES string of the molecule is Cc1cc(C(F)(F)F)nc(-c2ccnc3cc(CN4C(=O)C5C(C4=O)C5(C)C)sc23)c1CC1CNCCO1.Cl.Cl. The largest absolute Gasteiger partial charge is 0.433 e. The number of thiophene rings is 1. The van der Waals surface area contributed by atoms with Crippen molar-refractivity contribution >= 4 is 58.2 Å². The highest BCUT2D eigenvalue weighted by molar-refractivity contribution is 7.19. The number of nitrogens with zero attached hydrogens (tertiary/aromatic N) is 3. The van der Waals surface area contributed by atoms with Crippen LogP contribution in [0.5, 0.6) is 0 Å². The van der Waals surface area contributed by atoms with E-state index in [0.29, 0.717) is 46.5 Å². The number of aromatic nitrogens is 2. The van der Waals surface area contributed by atoms with Crippen LogP contribution in [0.3, 0.4) is 0 Å². The van der Waals surface area contributed by atoms with E-state index >= 15 is 0 Å². The second kappa shape index (κ2) is 10.8. The van der Waals surface area contributed by atoms with E-state index in [1.807, 2.05) is 13.8 Å². The number of halogens is 5. The minimum Gasteiger partial charge on any atom is -0.375 e.